The largest absolute Gasteiger partial charge is 0.493 e. The van der Waals surface area contributed by atoms with Gasteiger partial charge in [-0.1, -0.05) is 0 Å². The van der Waals surface area contributed by atoms with E-state index in [0.717, 1.165) is 2.88 Å². The van der Waals surface area contributed by atoms with Crippen LogP contribution in [0.25, 0.3) is 0 Å². The number of benzene rings is 1. The van der Waals surface area contributed by atoms with Crippen LogP contribution in [0.5, 0.6) is 11.5 Å². The molecule has 0 aliphatic carbocycles. The van der Waals surface area contributed by atoms with Gasteiger partial charge in [0.25, 0.3) is 0 Å². The summed E-state index contributed by atoms with van der Waals surface area (Å²) in [5.41, 5.74) is 0.840. The first-order valence-electron chi connectivity index (χ1n) is 5.40. The average molecular weight is 394 g/mol. The van der Waals surface area contributed by atoms with Crippen LogP contribution >= 0.6 is 33.9 Å². The highest BCUT2D eigenvalue weighted by molar-refractivity contribution is 14.1. The molecule has 2 rings (SSSR count). The summed E-state index contributed by atoms with van der Waals surface area (Å²) < 4.78 is 25.2. The number of hydrogen-bond acceptors (Lipinski definition) is 4. The molecule has 6 heteroatoms. The van der Waals surface area contributed by atoms with Crippen LogP contribution in [0.1, 0.15) is 17.2 Å². The van der Waals surface area contributed by atoms with Crippen molar-refractivity contribution in [3.63, 3.8) is 0 Å². The zero-order valence-electron chi connectivity index (χ0n) is 10.3. The van der Waals surface area contributed by atoms with Crippen molar-refractivity contribution in [1.29, 1.82) is 0 Å². The zero-order chi connectivity index (χ0) is 14.0. The molecule has 0 saturated heterocycles. The van der Waals surface area contributed by atoms with Crippen LogP contribution in [0.2, 0.25) is 0 Å². The van der Waals surface area contributed by atoms with Crippen molar-refractivity contribution in [2.24, 2.45) is 0 Å². The normalized spacial score (nSPS) is 12.3. The fraction of sp³-hybridized carbons (Fsp3) is 0.231. The van der Waals surface area contributed by atoms with E-state index in [2.05, 4.69) is 22.6 Å². The Labute approximate surface area is 128 Å². The maximum absolute atomic E-state index is 14.0. The third-order valence-electron chi connectivity index (χ3n) is 2.70. The number of aliphatic hydroxyl groups is 1. The van der Waals surface area contributed by atoms with E-state index in [-0.39, 0.29) is 5.56 Å². The molecule has 1 atom stereocenters. The highest BCUT2D eigenvalue weighted by Gasteiger charge is 2.19. The summed E-state index contributed by atoms with van der Waals surface area (Å²) in [6, 6.07) is 4.50. The maximum Gasteiger partial charge on any atom is 0.163 e. The Morgan fingerprint density at radius 3 is 2.37 bits per heavy atom. The highest BCUT2D eigenvalue weighted by atomic mass is 127. The summed E-state index contributed by atoms with van der Waals surface area (Å²) in [6.07, 6.45) is -1.01. The van der Waals surface area contributed by atoms with E-state index in [4.69, 9.17) is 9.47 Å². The molecule has 0 bridgehead atoms. The molecule has 0 spiro atoms. The second-order valence-corrected chi connectivity index (χ2v) is 6.62. The Balaban J connectivity index is 2.44. The van der Waals surface area contributed by atoms with Crippen LogP contribution in [0.3, 0.4) is 0 Å². The van der Waals surface area contributed by atoms with Crippen molar-refractivity contribution in [3.8, 4) is 11.5 Å². The maximum atomic E-state index is 14.0. The monoisotopic (exact) mass is 394 g/mol. The Kier molecular flexibility index (Phi) is 4.64. The first kappa shape index (κ1) is 14.5. The summed E-state index contributed by atoms with van der Waals surface area (Å²) in [6.45, 7) is 0. The Bertz CT molecular complexity index is 585. The van der Waals surface area contributed by atoms with Crippen LogP contribution in [0.4, 0.5) is 4.39 Å². The summed E-state index contributed by atoms with van der Waals surface area (Å²) in [7, 11) is 2.91. The van der Waals surface area contributed by atoms with Gasteiger partial charge in [-0.15, -0.1) is 11.3 Å². The van der Waals surface area contributed by atoms with Gasteiger partial charge < -0.3 is 14.6 Å². The van der Waals surface area contributed by atoms with Gasteiger partial charge in [-0.2, -0.15) is 0 Å². The molecular formula is C13H12FIO3S. The van der Waals surface area contributed by atoms with Gasteiger partial charge in [0.15, 0.2) is 11.5 Å². The SMILES string of the molecule is COc1cc(F)c(C(O)c2csc(I)c2)cc1OC. The molecule has 3 nitrogen and oxygen atoms in total. The van der Waals surface area contributed by atoms with Crippen molar-refractivity contribution in [1.82, 2.24) is 0 Å². The van der Waals surface area contributed by atoms with Gasteiger partial charge in [0, 0.05) is 11.6 Å². The molecule has 1 aromatic carbocycles. The van der Waals surface area contributed by atoms with Gasteiger partial charge in [-0.3, -0.25) is 0 Å². The van der Waals surface area contributed by atoms with Crippen molar-refractivity contribution in [3.05, 3.63) is 43.4 Å². The van der Waals surface area contributed by atoms with Crippen LogP contribution in [0.15, 0.2) is 23.6 Å². The van der Waals surface area contributed by atoms with E-state index in [1.807, 2.05) is 11.4 Å². The van der Waals surface area contributed by atoms with Gasteiger partial charge >= 0.3 is 0 Å². The molecule has 19 heavy (non-hydrogen) atoms. The Morgan fingerprint density at radius 1 is 1.21 bits per heavy atom. The lowest BCUT2D eigenvalue weighted by molar-refractivity contribution is 0.214. The van der Waals surface area contributed by atoms with E-state index in [1.54, 1.807) is 0 Å². The van der Waals surface area contributed by atoms with E-state index in [0.29, 0.717) is 17.1 Å². The van der Waals surface area contributed by atoms with E-state index in [1.165, 1.54) is 37.7 Å². The van der Waals surface area contributed by atoms with Gasteiger partial charge in [0.1, 0.15) is 11.9 Å². The molecule has 2 aromatic rings. The summed E-state index contributed by atoms with van der Waals surface area (Å²) >= 11 is 3.66. The van der Waals surface area contributed by atoms with Gasteiger partial charge in [0.2, 0.25) is 0 Å². The minimum atomic E-state index is -1.01. The zero-order valence-corrected chi connectivity index (χ0v) is 13.3. The minimum Gasteiger partial charge on any atom is -0.493 e. The lowest BCUT2D eigenvalue weighted by Gasteiger charge is -2.14. The molecule has 1 heterocycles. The van der Waals surface area contributed by atoms with E-state index < -0.39 is 11.9 Å². The quantitative estimate of drug-likeness (QED) is 0.806. The second kappa shape index (κ2) is 6.06. The molecule has 1 unspecified atom stereocenters. The lowest BCUT2D eigenvalue weighted by atomic mass is 10.0. The van der Waals surface area contributed by atoms with Crippen molar-refractivity contribution < 1.29 is 19.0 Å². The number of ether oxygens (including phenoxy) is 2. The fourth-order valence-electron chi connectivity index (χ4n) is 1.73. The number of halogens is 2. The Morgan fingerprint density at radius 2 is 1.84 bits per heavy atom. The molecule has 0 aliphatic rings. The van der Waals surface area contributed by atoms with Gasteiger partial charge in [-0.05, 0) is 45.7 Å². The predicted octanol–water partition coefficient (Wildman–Crippen LogP) is 3.59. The summed E-state index contributed by atoms with van der Waals surface area (Å²) in [5.74, 6) is 0.171. The molecule has 1 N–H and O–H groups in total. The molecule has 0 saturated carbocycles. The first-order valence-corrected chi connectivity index (χ1v) is 7.36. The molecule has 0 fully saturated rings. The third-order valence-corrected chi connectivity index (χ3v) is 4.51. The number of methoxy groups -OCH3 is 2. The standard InChI is InChI=1S/C13H12FIO3S/c1-17-10-4-8(9(14)5-11(10)18-2)13(16)7-3-12(15)19-6-7/h3-6,13,16H,1-2H3. The second-order valence-electron chi connectivity index (χ2n) is 3.82. The van der Waals surface area contributed by atoms with Crippen molar-refractivity contribution in [2.75, 3.05) is 14.2 Å². The minimum absolute atomic E-state index is 0.173. The molecular weight excluding hydrogens is 382 g/mol. The van der Waals surface area contributed by atoms with Crippen molar-refractivity contribution in [2.45, 2.75) is 6.10 Å². The summed E-state index contributed by atoms with van der Waals surface area (Å²) in [5, 5.41) is 12.0. The predicted molar refractivity (Wildman–Crippen MR) is 80.6 cm³/mol. The molecule has 102 valence electrons. The lowest BCUT2D eigenvalue weighted by Crippen LogP contribution is -2.03. The average Bonchev–Trinajstić information content (AvgIpc) is 2.84. The van der Waals surface area contributed by atoms with Gasteiger partial charge in [-0.25, -0.2) is 4.39 Å². The van der Waals surface area contributed by atoms with Crippen molar-refractivity contribution >= 4 is 33.9 Å². The molecule has 0 amide bonds. The van der Waals surface area contributed by atoms with Crippen LogP contribution in [-0.2, 0) is 0 Å². The van der Waals surface area contributed by atoms with E-state index >= 15 is 0 Å². The molecule has 0 radical (unpaired) electrons. The summed E-state index contributed by atoms with van der Waals surface area (Å²) in [4.78, 5) is 0. The first-order chi connectivity index (χ1) is 9.06. The van der Waals surface area contributed by atoms with Crippen LogP contribution < -0.4 is 9.47 Å². The number of aliphatic hydroxyl groups excluding tert-OH is 1. The number of rotatable bonds is 4. The Hall–Kier alpha value is -0.860. The number of thiophene rings is 1. The topological polar surface area (TPSA) is 38.7 Å². The van der Waals surface area contributed by atoms with E-state index in [9.17, 15) is 9.50 Å². The smallest absolute Gasteiger partial charge is 0.163 e. The fourth-order valence-corrected chi connectivity index (χ4v) is 3.12. The van der Waals surface area contributed by atoms with Gasteiger partial charge in [0.05, 0.1) is 17.1 Å². The van der Waals surface area contributed by atoms with Crippen LogP contribution in [0, 0.1) is 8.70 Å². The highest BCUT2D eigenvalue weighted by Crippen LogP contribution is 2.35. The molecule has 0 aliphatic heterocycles. The van der Waals surface area contributed by atoms with Crippen LogP contribution in [-0.4, -0.2) is 19.3 Å². The third kappa shape index (κ3) is 3.01. The molecule has 1 aromatic heterocycles. The number of hydrogen-bond donors (Lipinski definition) is 1.